The van der Waals surface area contributed by atoms with E-state index in [1.54, 1.807) is 0 Å². The lowest BCUT2D eigenvalue weighted by molar-refractivity contribution is -0.0903. The van der Waals surface area contributed by atoms with Crippen LogP contribution in [0.5, 0.6) is 0 Å². The third kappa shape index (κ3) is 2.99. The van der Waals surface area contributed by atoms with Gasteiger partial charge in [-0.3, -0.25) is 4.90 Å². The minimum Gasteiger partial charge on any atom is -0.396 e. The van der Waals surface area contributed by atoms with Crippen LogP contribution in [-0.2, 0) is 11.3 Å². The van der Waals surface area contributed by atoms with Crippen LogP contribution in [0.1, 0.15) is 12.0 Å². The SMILES string of the molecule is OCCC1C2COCC1CN(Cc1ccccc1)C2. The highest BCUT2D eigenvalue weighted by Gasteiger charge is 2.39. The van der Waals surface area contributed by atoms with Crippen molar-refractivity contribution in [3.63, 3.8) is 0 Å². The number of nitrogens with zero attached hydrogens (tertiary/aromatic N) is 1. The zero-order chi connectivity index (χ0) is 13.1. The van der Waals surface area contributed by atoms with Gasteiger partial charge in [-0.15, -0.1) is 0 Å². The molecule has 0 spiro atoms. The molecule has 2 fully saturated rings. The third-order valence-electron chi connectivity index (χ3n) is 4.57. The summed E-state index contributed by atoms with van der Waals surface area (Å²) in [5.74, 6) is 1.86. The first kappa shape index (κ1) is 13.1. The number of hydrogen-bond donors (Lipinski definition) is 1. The lowest BCUT2D eigenvalue weighted by atomic mass is 9.75. The summed E-state index contributed by atoms with van der Waals surface area (Å²) in [6.07, 6.45) is 0.942. The van der Waals surface area contributed by atoms with Gasteiger partial charge in [0, 0.05) is 26.2 Å². The fourth-order valence-corrected chi connectivity index (χ4v) is 3.71. The maximum atomic E-state index is 9.22. The minimum absolute atomic E-state index is 0.316. The number of fused-ring (bicyclic) bond motifs is 2. The molecule has 2 unspecified atom stereocenters. The Bertz CT molecular complexity index is 381. The molecule has 1 aromatic rings. The van der Waals surface area contributed by atoms with Gasteiger partial charge in [0.05, 0.1) is 13.2 Å². The lowest BCUT2D eigenvalue weighted by Crippen LogP contribution is -2.52. The van der Waals surface area contributed by atoms with Crippen LogP contribution in [0, 0.1) is 17.8 Å². The summed E-state index contributed by atoms with van der Waals surface area (Å²) in [6.45, 7) is 5.31. The molecule has 0 aliphatic carbocycles. The maximum absolute atomic E-state index is 9.22. The fraction of sp³-hybridized carbons (Fsp3) is 0.625. The molecule has 104 valence electrons. The highest BCUT2D eigenvalue weighted by Crippen LogP contribution is 2.35. The molecule has 19 heavy (non-hydrogen) atoms. The second kappa shape index (κ2) is 6.04. The van der Waals surface area contributed by atoms with E-state index in [2.05, 4.69) is 35.2 Å². The Balaban J connectivity index is 1.64. The van der Waals surface area contributed by atoms with Crippen LogP contribution >= 0.6 is 0 Å². The second-order valence-corrected chi connectivity index (χ2v) is 5.91. The number of hydrogen-bond acceptors (Lipinski definition) is 3. The van der Waals surface area contributed by atoms with Crippen LogP contribution in [-0.4, -0.2) is 42.9 Å². The van der Waals surface area contributed by atoms with Gasteiger partial charge in [-0.25, -0.2) is 0 Å². The zero-order valence-electron chi connectivity index (χ0n) is 11.4. The molecule has 2 aliphatic rings. The molecular weight excluding hydrogens is 238 g/mol. The summed E-state index contributed by atoms with van der Waals surface area (Å²) in [7, 11) is 0. The summed E-state index contributed by atoms with van der Waals surface area (Å²) < 4.78 is 5.70. The Hall–Kier alpha value is -0.900. The summed E-state index contributed by atoms with van der Waals surface area (Å²) in [5.41, 5.74) is 1.39. The van der Waals surface area contributed by atoms with E-state index in [1.165, 1.54) is 5.56 Å². The van der Waals surface area contributed by atoms with Crippen LogP contribution in [0.3, 0.4) is 0 Å². The molecule has 2 saturated heterocycles. The van der Waals surface area contributed by atoms with Gasteiger partial charge in [0.25, 0.3) is 0 Å². The molecule has 3 heteroatoms. The van der Waals surface area contributed by atoms with Gasteiger partial charge in [-0.2, -0.15) is 0 Å². The Morgan fingerprint density at radius 1 is 1.11 bits per heavy atom. The smallest absolute Gasteiger partial charge is 0.0509 e. The summed E-state index contributed by atoms with van der Waals surface area (Å²) in [6, 6.07) is 10.7. The first-order valence-corrected chi connectivity index (χ1v) is 7.31. The average molecular weight is 261 g/mol. The number of aliphatic hydroxyl groups excluding tert-OH is 1. The van der Waals surface area contributed by atoms with Crippen molar-refractivity contribution < 1.29 is 9.84 Å². The molecule has 3 nitrogen and oxygen atoms in total. The first-order chi connectivity index (χ1) is 9.36. The third-order valence-corrected chi connectivity index (χ3v) is 4.57. The normalized spacial score (nSPS) is 31.3. The molecular formula is C16H23NO2. The molecule has 3 rings (SSSR count). The molecule has 1 N–H and O–H groups in total. The van der Waals surface area contributed by atoms with Crippen molar-refractivity contribution in [2.24, 2.45) is 17.8 Å². The molecule has 2 atom stereocenters. The van der Waals surface area contributed by atoms with Crippen molar-refractivity contribution in [3.8, 4) is 0 Å². The minimum atomic E-state index is 0.316. The van der Waals surface area contributed by atoms with Crippen LogP contribution in [0.15, 0.2) is 30.3 Å². The monoisotopic (exact) mass is 261 g/mol. The van der Waals surface area contributed by atoms with Crippen molar-refractivity contribution >= 4 is 0 Å². The van der Waals surface area contributed by atoms with Gasteiger partial charge in [0.2, 0.25) is 0 Å². The van der Waals surface area contributed by atoms with Gasteiger partial charge >= 0.3 is 0 Å². The Kier molecular flexibility index (Phi) is 4.16. The topological polar surface area (TPSA) is 32.7 Å². The number of piperidine rings is 1. The average Bonchev–Trinajstić information content (AvgIpc) is 2.41. The predicted molar refractivity (Wildman–Crippen MR) is 74.7 cm³/mol. The predicted octanol–water partition coefficient (Wildman–Crippen LogP) is 1.76. The highest BCUT2D eigenvalue weighted by molar-refractivity contribution is 5.14. The molecule has 2 aliphatic heterocycles. The van der Waals surface area contributed by atoms with Gasteiger partial charge < -0.3 is 9.84 Å². The summed E-state index contributed by atoms with van der Waals surface area (Å²) >= 11 is 0. The molecule has 2 bridgehead atoms. The van der Waals surface area contributed by atoms with E-state index in [0.29, 0.717) is 24.4 Å². The fourth-order valence-electron chi connectivity index (χ4n) is 3.71. The second-order valence-electron chi connectivity index (χ2n) is 5.91. The zero-order valence-corrected chi connectivity index (χ0v) is 11.4. The molecule has 0 aromatic heterocycles. The van der Waals surface area contributed by atoms with E-state index < -0.39 is 0 Å². The number of ether oxygens (including phenoxy) is 1. The number of rotatable bonds is 4. The summed E-state index contributed by atoms with van der Waals surface area (Å²) in [5, 5.41) is 9.22. The van der Waals surface area contributed by atoms with Gasteiger partial charge in [-0.05, 0) is 29.7 Å². The largest absolute Gasteiger partial charge is 0.396 e. The number of aliphatic hydroxyl groups is 1. The molecule has 0 saturated carbocycles. The van der Waals surface area contributed by atoms with Crippen LogP contribution < -0.4 is 0 Å². The van der Waals surface area contributed by atoms with Crippen LogP contribution in [0.2, 0.25) is 0 Å². The van der Waals surface area contributed by atoms with Gasteiger partial charge in [0.1, 0.15) is 0 Å². The van der Waals surface area contributed by atoms with E-state index in [-0.39, 0.29) is 0 Å². The highest BCUT2D eigenvalue weighted by atomic mass is 16.5. The van der Waals surface area contributed by atoms with Gasteiger partial charge in [-0.1, -0.05) is 30.3 Å². The number of likely N-dealkylation sites (tertiary alicyclic amines) is 1. The van der Waals surface area contributed by atoms with Gasteiger partial charge in [0.15, 0.2) is 0 Å². The van der Waals surface area contributed by atoms with E-state index in [1.807, 2.05) is 0 Å². The Morgan fingerprint density at radius 2 is 1.79 bits per heavy atom. The first-order valence-electron chi connectivity index (χ1n) is 7.31. The lowest BCUT2D eigenvalue weighted by Gasteiger charge is -2.47. The van der Waals surface area contributed by atoms with Crippen molar-refractivity contribution in [1.29, 1.82) is 0 Å². The van der Waals surface area contributed by atoms with E-state index in [9.17, 15) is 5.11 Å². The van der Waals surface area contributed by atoms with E-state index in [0.717, 1.165) is 39.3 Å². The Labute approximate surface area is 115 Å². The molecule has 1 aromatic carbocycles. The summed E-state index contributed by atoms with van der Waals surface area (Å²) in [4.78, 5) is 2.56. The van der Waals surface area contributed by atoms with Crippen LogP contribution in [0.4, 0.5) is 0 Å². The molecule has 0 amide bonds. The molecule has 2 heterocycles. The van der Waals surface area contributed by atoms with Crippen molar-refractivity contribution in [2.45, 2.75) is 13.0 Å². The maximum Gasteiger partial charge on any atom is 0.0509 e. The van der Waals surface area contributed by atoms with E-state index in [4.69, 9.17) is 4.74 Å². The molecule has 0 radical (unpaired) electrons. The van der Waals surface area contributed by atoms with Crippen molar-refractivity contribution in [2.75, 3.05) is 32.9 Å². The standard InChI is InChI=1S/C16H23NO2/c18-7-6-16-14-9-17(10-15(16)12-19-11-14)8-13-4-2-1-3-5-13/h1-5,14-16,18H,6-12H2. The van der Waals surface area contributed by atoms with Crippen molar-refractivity contribution in [3.05, 3.63) is 35.9 Å². The Morgan fingerprint density at radius 3 is 2.42 bits per heavy atom. The van der Waals surface area contributed by atoms with E-state index >= 15 is 0 Å². The van der Waals surface area contributed by atoms with Crippen molar-refractivity contribution in [1.82, 2.24) is 4.90 Å². The van der Waals surface area contributed by atoms with Crippen LogP contribution in [0.25, 0.3) is 0 Å². The number of benzene rings is 1. The quantitative estimate of drug-likeness (QED) is 0.896.